The zero-order valence-electron chi connectivity index (χ0n) is 12.5. The Kier molecular flexibility index (Phi) is 3.98. The maximum absolute atomic E-state index is 9.43. The van der Waals surface area contributed by atoms with Gasteiger partial charge in [0.05, 0.1) is 0 Å². The highest BCUT2D eigenvalue weighted by Crippen LogP contribution is 2.47. The third-order valence-corrected chi connectivity index (χ3v) is 4.99. The van der Waals surface area contributed by atoms with Gasteiger partial charge in [0.2, 0.25) is 0 Å². The summed E-state index contributed by atoms with van der Waals surface area (Å²) in [4.78, 5) is 0. The predicted octanol–water partition coefficient (Wildman–Crippen LogP) is 3.64. The lowest BCUT2D eigenvalue weighted by molar-refractivity contribution is 0.174. The number of phenols is 1. The van der Waals surface area contributed by atoms with Crippen molar-refractivity contribution in [2.24, 2.45) is 0 Å². The average Bonchev–Trinajstić information content (AvgIpc) is 2.48. The number of nitrogens with one attached hydrogen (secondary N) is 1. The zero-order valence-corrected chi connectivity index (χ0v) is 12.5. The second-order valence-electron chi connectivity index (χ2n) is 6.09. The van der Waals surface area contributed by atoms with Crippen molar-refractivity contribution in [1.82, 2.24) is 5.32 Å². The third-order valence-electron chi connectivity index (χ3n) is 4.99. The van der Waals surface area contributed by atoms with Crippen LogP contribution < -0.4 is 5.32 Å². The lowest BCUT2D eigenvalue weighted by atomic mass is 9.59. The van der Waals surface area contributed by atoms with E-state index >= 15 is 0 Å². The molecule has 0 aliphatic heterocycles. The molecule has 2 N–H and O–H groups in total. The van der Waals surface area contributed by atoms with E-state index in [1.807, 2.05) is 12.1 Å². The molecule has 0 aromatic heterocycles. The second kappa shape index (κ2) is 5.90. The molecule has 1 atom stereocenters. The van der Waals surface area contributed by atoms with Crippen molar-refractivity contribution >= 4 is 0 Å². The van der Waals surface area contributed by atoms with Gasteiger partial charge < -0.3 is 10.4 Å². The molecule has 1 aliphatic rings. The number of aromatic hydroxyl groups is 1. The van der Waals surface area contributed by atoms with Crippen LogP contribution in [-0.2, 0) is 11.8 Å². The summed E-state index contributed by atoms with van der Waals surface area (Å²) < 4.78 is 0. The topological polar surface area (TPSA) is 32.3 Å². The molecule has 2 aromatic carbocycles. The molecule has 2 heteroatoms. The summed E-state index contributed by atoms with van der Waals surface area (Å²) in [6.45, 7) is 0. The number of hydrogen-bond donors (Lipinski definition) is 2. The number of phenolic OH excluding ortho intramolecular Hbond substituents is 1. The van der Waals surface area contributed by atoms with Crippen molar-refractivity contribution in [3.8, 4) is 5.75 Å². The fourth-order valence-electron chi connectivity index (χ4n) is 3.61. The Morgan fingerprint density at radius 3 is 2.24 bits per heavy atom. The molecule has 0 bridgehead atoms. The molecule has 3 rings (SSSR count). The number of benzene rings is 2. The van der Waals surface area contributed by atoms with Gasteiger partial charge in [0.1, 0.15) is 5.75 Å². The highest BCUT2D eigenvalue weighted by atomic mass is 16.3. The lowest BCUT2D eigenvalue weighted by Crippen LogP contribution is -2.52. The van der Waals surface area contributed by atoms with Gasteiger partial charge in [-0.15, -0.1) is 0 Å². The molecule has 1 unspecified atom stereocenters. The summed E-state index contributed by atoms with van der Waals surface area (Å²) in [5, 5.41) is 13.0. The lowest BCUT2D eigenvalue weighted by Gasteiger charge is -2.48. The van der Waals surface area contributed by atoms with Gasteiger partial charge in [-0.05, 0) is 49.6 Å². The van der Waals surface area contributed by atoms with Gasteiger partial charge in [-0.3, -0.25) is 0 Å². The first-order valence-corrected chi connectivity index (χ1v) is 7.75. The quantitative estimate of drug-likeness (QED) is 0.877. The summed E-state index contributed by atoms with van der Waals surface area (Å²) in [5.41, 5.74) is 2.98. The fourth-order valence-corrected chi connectivity index (χ4v) is 3.61. The van der Waals surface area contributed by atoms with Gasteiger partial charge in [0.15, 0.2) is 0 Å². The van der Waals surface area contributed by atoms with Gasteiger partial charge in [0, 0.05) is 11.5 Å². The van der Waals surface area contributed by atoms with E-state index < -0.39 is 0 Å². The molecule has 0 radical (unpaired) electrons. The zero-order chi connectivity index (χ0) is 14.7. The first-order valence-electron chi connectivity index (χ1n) is 7.75. The minimum Gasteiger partial charge on any atom is -0.508 e. The van der Waals surface area contributed by atoms with Gasteiger partial charge in [-0.2, -0.15) is 0 Å². The highest BCUT2D eigenvalue weighted by Gasteiger charge is 2.44. The molecular weight excluding hydrogens is 258 g/mol. The molecule has 2 aromatic rings. The molecule has 0 spiro atoms. The van der Waals surface area contributed by atoms with Crippen LogP contribution >= 0.6 is 0 Å². The Morgan fingerprint density at radius 1 is 1.05 bits per heavy atom. The van der Waals surface area contributed by atoms with Crippen molar-refractivity contribution in [3.63, 3.8) is 0 Å². The minimum absolute atomic E-state index is 0.258. The first kappa shape index (κ1) is 14.2. The number of likely N-dealkylation sites (N-methyl/N-ethyl adjacent to an activating group) is 1. The van der Waals surface area contributed by atoms with E-state index in [1.54, 1.807) is 12.1 Å². The monoisotopic (exact) mass is 281 g/mol. The van der Waals surface area contributed by atoms with E-state index in [0.717, 1.165) is 6.42 Å². The Hall–Kier alpha value is -1.80. The van der Waals surface area contributed by atoms with Gasteiger partial charge in [0.25, 0.3) is 0 Å². The van der Waals surface area contributed by atoms with Crippen LogP contribution in [0, 0.1) is 0 Å². The van der Waals surface area contributed by atoms with Gasteiger partial charge in [-0.25, -0.2) is 0 Å². The molecular formula is C19H23NO. The average molecular weight is 281 g/mol. The first-order chi connectivity index (χ1) is 10.2. The SMILES string of the molecule is CNC(Cc1ccc(O)cc1)C1(c2ccccc2)CCC1. The maximum atomic E-state index is 9.43. The molecule has 1 fully saturated rings. The van der Waals surface area contributed by atoms with E-state index in [4.69, 9.17) is 0 Å². The minimum atomic E-state index is 0.258. The van der Waals surface area contributed by atoms with Crippen LogP contribution in [0.2, 0.25) is 0 Å². The molecule has 0 amide bonds. The summed E-state index contributed by atoms with van der Waals surface area (Å²) in [6.07, 6.45) is 4.80. The molecule has 0 heterocycles. The van der Waals surface area contributed by atoms with E-state index in [9.17, 15) is 5.11 Å². The molecule has 1 saturated carbocycles. The molecule has 110 valence electrons. The Morgan fingerprint density at radius 2 is 1.71 bits per heavy atom. The normalized spacial score (nSPS) is 18.0. The summed E-state index contributed by atoms with van der Waals surface area (Å²) in [5.74, 6) is 0.334. The molecule has 1 aliphatic carbocycles. The van der Waals surface area contributed by atoms with Crippen LogP contribution in [0.3, 0.4) is 0 Å². The fraction of sp³-hybridized carbons (Fsp3) is 0.368. The largest absolute Gasteiger partial charge is 0.508 e. The van der Waals surface area contributed by atoms with Crippen molar-refractivity contribution in [2.75, 3.05) is 7.05 Å². The van der Waals surface area contributed by atoms with E-state index in [2.05, 4.69) is 42.7 Å². The van der Waals surface area contributed by atoms with Crippen molar-refractivity contribution in [2.45, 2.75) is 37.1 Å². The number of hydrogen-bond acceptors (Lipinski definition) is 2. The van der Waals surface area contributed by atoms with E-state index in [0.29, 0.717) is 11.8 Å². The van der Waals surface area contributed by atoms with Gasteiger partial charge >= 0.3 is 0 Å². The molecule has 21 heavy (non-hydrogen) atoms. The Labute approximate surface area is 126 Å². The van der Waals surface area contributed by atoms with Gasteiger partial charge in [-0.1, -0.05) is 48.9 Å². The van der Waals surface area contributed by atoms with Crippen LogP contribution in [0.5, 0.6) is 5.75 Å². The maximum Gasteiger partial charge on any atom is 0.115 e. The summed E-state index contributed by atoms with van der Waals surface area (Å²) >= 11 is 0. The summed E-state index contributed by atoms with van der Waals surface area (Å²) in [6, 6.07) is 18.9. The third kappa shape index (κ3) is 2.68. The van der Waals surface area contributed by atoms with Crippen LogP contribution in [0.15, 0.2) is 54.6 Å². The smallest absolute Gasteiger partial charge is 0.115 e. The Balaban J connectivity index is 1.85. The second-order valence-corrected chi connectivity index (χ2v) is 6.09. The molecule has 0 saturated heterocycles. The van der Waals surface area contributed by atoms with E-state index in [1.165, 1.54) is 30.4 Å². The van der Waals surface area contributed by atoms with Crippen LogP contribution in [0.4, 0.5) is 0 Å². The van der Waals surface area contributed by atoms with E-state index in [-0.39, 0.29) is 5.41 Å². The molecule has 2 nitrogen and oxygen atoms in total. The Bertz CT molecular complexity index is 572. The van der Waals surface area contributed by atoms with Crippen LogP contribution in [0.25, 0.3) is 0 Å². The van der Waals surface area contributed by atoms with Crippen LogP contribution in [-0.4, -0.2) is 18.2 Å². The number of rotatable bonds is 5. The highest BCUT2D eigenvalue weighted by molar-refractivity contribution is 5.33. The van der Waals surface area contributed by atoms with Crippen molar-refractivity contribution in [3.05, 3.63) is 65.7 Å². The van der Waals surface area contributed by atoms with Crippen molar-refractivity contribution < 1.29 is 5.11 Å². The van der Waals surface area contributed by atoms with Crippen LogP contribution in [0.1, 0.15) is 30.4 Å². The predicted molar refractivity (Wildman–Crippen MR) is 86.6 cm³/mol. The standard InChI is InChI=1S/C19H23NO/c1-20-18(14-15-8-10-17(21)11-9-15)19(12-5-13-19)16-6-3-2-4-7-16/h2-4,6-11,18,20-21H,5,12-14H2,1H3. The van der Waals surface area contributed by atoms with Crippen molar-refractivity contribution in [1.29, 1.82) is 0 Å². The summed E-state index contributed by atoms with van der Waals surface area (Å²) in [7, 11) is 2.06.